The van der Waals surface area contributed by atoms with Crippen LogP contribution < -0.4 is 10.1 Å². The van der Waals surface area contributed by atoms with Gasteiger partial charge in [0.2, 0.25) is 11.8 Å². The maximum atomic E-state index is 11.9. The van der Waals surface area contributed by atoms with Crippen LogP contribution in [0.3, 0.4) is 0 Å². The number of benzene rings is 1. The van der Waals surface area contributed by atoms with Crippen LogP contribution in [-0.2, 0) is 16.0 Å². The minimum absolute atomic E-state index is 0.112. The average molecular weight is 259 g/mol. The molecular formula is C15H17NO3. The molecule has 1 saturated heterocycles. The Labute approximate surface area is 112 Å². The first kappa shape index (κ1) is 12.2. The molecule has 4 heteroatoms. The van der Waals surface area contributed by atoms with Crippen LogP contribution in [0.5, 0.6) is 5.75 Å². The lowest BCUT2D eigenvalue weighted by molar-refractivity contribution is -0.126. The van der Waals surface area contributed by atoms with Crippen molar-refractivity contribution in [2.45, 2.75) is 31.6 Å². The molecule has 0 radical (unpaired) electrons. The molecule has 2 unspecified atom stereocenters. The Hall–Kier alpha value is -1.84. The lowest BCUT2D eigenvalue weighted by atomic mass is 9.75. The van der Waals surface area contributed by atoms with Gasteiger partial charge in [0.05, 0.1) is 13.0 Å². The van der Waals surface area contributed by atoms with Crippen LogP contribution in [0.1, 0.15) is 36.3 Å². The first-order valence-corrected chi connectivity index (χ1v) is 6.69. The topological polar surface area (TPSA) is 55.4 Å². The van der Waals surface area contributed by atoms with E-state index in [4.69, 9.17) is 4.74 Å². The summed E-state index contributed by atoms with van der Waals surface area (Å²) >= 11 is 0. The second-order valence-electron chi connectivity index (χ2n) is 5.29. The molecule has 1 aromatic carbocycles. The van der Waals surface area contributed by atoms with E-state index in [1.54, 1.807) is 7.11 Å². The highest BCUT2D eigenvalue weighted by atomic mass is 16.5. The summed E-state index contributed by atoms with van der Waals surface area (Å²) in [5, 5.41) is 2.41. The molecule has 1 aromatic rings. The van der Waals surface area contributed by atoms with Crippen molar-refractivity contribution in [3.63, 3.8) is 0 Å². The molecule has 100 valence electrons. The van der Waals surface area contributed by atoms with E-state index < -0.39 is 0 Å². The van der Waals surface area contributed by atoms with Crippen LogP contribution in [0.15, 0.2) is 18.2 Å². The second kappa shape index (κ2) is 4.68. The number of ether oxygens (including phenoxy) is 1. The zero-order valence-electron chi connectivity index (χ0n) is 10.9. The molecule has 0 bridgehead atoms. The molecule has 3 rings (SSSR count). The molecule has 19 heavy (non-hydrogen) atoms. The van der Waals surface area contributed by atoms with Crippen LogP contribution in [0.2, 0.25) is 0 Å². The number of carbonyl (C=O) groups is 2. The van der Waals surface area contributed by atoms with Gasteiger partial charge in [-0.15, -0.1) is 0 Å². The van der Waals surface area contributed by atoms with E-state index in [-0.39, 0.29) is 23.7 Å². The van der Waals surface area contributed by atoms with Crippen molar-refractivity contribution in [1.82, 2.24) is 5.32 Å². The normalized spacial score (nSPS) is 25.9. The van der Waals surface area contributed by atoms with Crippen LogP contribution in [0, 0.1) is 5.92 Å². The molecule has 0 saturated carbocycles. The van der Waals surface area contributed by atoms with Gasteiger partial charge in [-0.2, -0.15) is 0 Å². The van der Waals surface area contributed by atoms with E-state index in [1.165, 1.54) is 11.1 Å². The number of amides is 2. The molecular weight excluding hydrogens is 242 g/mol. The van der Waals surface area contributed by atoms with Crippen LogP contribution in [0.25, 0.3) is 0 Å². The Morgan fingerprint density at radius 3 is 2.79 bits per heavy atom. The van der Waals surface area contributed by atoms with E-state index in [0.717, 1.165) is 25.0 Å². The SMILES string of the molecule is COc1ccc2c(c1)CCCC2C1CC(=O)NC1=O. The highest BCUT2D eigenvalue weighted by Gasteiger charge is 2.39. The maximum absolute atomic E-state index is 11.9. The first-order valence-electron chi connectivity index (χ1n) is 6.69. The van der Waals surface area contributed by atoms with Gasteiger partial charge in [0.25, 0.3) is 0 Å². The number of rotatable bonds is 2. The van der Waals surface area contributed by atoms with Gasteiger partial charge >= 0.3 is 0 Å². The lowest BCUT2D eigenvalue weighted by Crippen LogP contribution is -2.27. The number of carbonyl (C=O) groups excluding carboxylic acids is 2. The maximum Gasteiger partial charge on any atom is 0.230 e. The Morgan fingerprint density at radius 2 is 2.11 bits per heavy atom. The Kier molecular flexibility index (Phi) is 3.01. The largest absolute Gasteiger partial charge is 0.497 e. The predicted octanol–water partition coefficient (Wildman–Crippen LogP) is 1.78. The van der Waals surface area contributed by atoms with Crippen molar-refractivity contribution in [3.8, 4) is 5.75 Å². The van der Waals surface area contributed by atoms with Gasteiger partial charge in [0, 0.05) is 6.42 Å². The summed E-state index contributed by atoms with van der Waals surface area (Å²) in [6, 6.07) is 6.04. The van der Waals surface area contributed by atoms with Gasteiger partial charge in [-0.3, -0.25) is 14.9 Å². The number of aryl methyl sites for hydroxylation is 1. The molecule has 1 aliphatic carbocycles. The van der Waals surface area contributed by atoms with E-state index in [0.29, 0.717) is 6.42 Å². The molecule has 2 aliphatic rings. The molecule has 1 fully saturated rings. The molecule has 1 aliphatic heterocycles. The summed E-state index contributed by atoms with van der Waals surface area (Å²) in [5.74, 6) is 0.571. The molecule has 2 atom stereocenters. The summed E-state index contributed by atoms with van der Waals surface area (Å²) < 4.78 is 5.25. The third kappa shape index (κ3) is 2.11. The van der Waals surface area contributed by atoms with Gasteiger partial charge in [0.1, 0.15) is 5.75 Å². The van der Waals surface area contributed by atoms with Gasteiger partial charge in [-0.1, -0.05) is 6.07 Å². The standard InChI is InChI=1S/C15H17NO3/c1-19-10-5-6-11-9(7-10)3-2-4-12(11)13-8-14(17)16-15(13)18/h5-7,12-13H,2-4,8H2,1H3,(H,16,17,18). The number of fused-ring (bicyclic) bond motifs is 1. The van der Waals surface area contributed by atoms with Gasteiger partial charge < -0.3 is 4.74 Å². The number of nitrogens with one attached hydrogen (secondary N) is 1. The molecule has 0 spiro atoms. The molecule has 1 heterocycles. The van der Waals surface area contributed by atoms with Gasteiger partial charge in [-0.05, 0) is 48.4 Å². The predicted molar refractivity (Wildman–Crippen MR) is 69.9 cm³/mol. The summed E-state index contributed by atoms with van der Waals surface area (Å²) in [5.41, 5.74) is 2.46. The number of hydrogen-bond donors (Lipinski definition) is 1. The highest BCUT2D eigenvalue weighted by molar-refractivity contribution is 6.03. The molecule has 0 aromatic heterocycles. The van der Waals surface area contributed by atoms with Crippen molar-refractivity contribution < 1.29 is 14.3 Å². The number of methoxy groups -OCH3 is 1. The lowest BCUT2D eigenvalue weighted by Gasteiger charge is -2.28. The second-order valence-corrected chi connectivity index (χ2v) is 5.29. The number of hydrogen-bond acceptors (Lipinski definition) is 3. The number of imide groups is 1. The van der Waals surface area contributed by atoms with E-state index >= 15 is 0 Å². The van der Waals surface area contributed by atoms with E-state index in [2.05, 4.69) is 11.4 Å². The first-order chi connectivity index (χ1) is 9.19. The molecule has 4 nitrogen and oxygen atoms in total. The minimum Gasteiger partial charge on any atom is -0.497 e. The summed E-state index contributed by atoms with van der Waals surface area (Å²) in [7, 11) is 1.66. The molecule has 1 N–H and O–H groups in total. The Balaban J connectivity index is 1.94. The fourth-order valence-corrected chi connectivity index (χ4v) is 3.27. The van der Waals surface area contributed by atoms with E-state index in [9.17, 15) is 9.59 Å². The summed E-state index contributed by atoms with van der Waals surface area (Å²) in [6.07, 6.45) is 3.38. The van der Waals surface area contributed by atoms with Gasteiger partial charge in [0.15, 0.2) is 0 Å². The smallest absolute Gasteiger partial charge is 0.230 e. The zero-order valence-corrected chi connectivity index (χ0v) is 10.9. The van der Waals surface area contributed by atoms with Crippen molar-refractivity contribution in [2.75, 3.05) is 7.11 Å². The van der Waals surface area contributed by atoms with Crippen LogP contribution in [-0.4, -0.2) is 18.9 Å². The zero-order chi connectivity index (χ0) is 13.4. The van der Waals surface area contributed by atoms with Crippen molar-refractivity contribution in [2.24, 2.45) is 5.92 Å². The average Bonchev–Trinajstić information content (AvgIpc) is 2.76. The molecule has 2 amide bonds. The summed E-state index contributed by atoms with van der Waals surface area (Å²) in [4.78, 5) is 23.2. The highest BCUT2D eigenvalue weighted by Crippen LogP contribution is 2.40. The van der Waals surface area contributed by atoms with Crippen molar-refractivity contribution >= 4 is 11.8 Å². The fraction of sp³-hybridized carbons (Fsp3) is 0.467. The van der Waals surface area contributed by atoms with E-state index in [1.807, 2.05) is 12.1 Å². The van der Waals surface area contributed by atoms with Crippen LogP contribution >= 0.6 is 0 Å². The monoisotopic (exact) mass is 259 g/mol. The Bertz CT molecular complexity index is 538. The van der Waals surface area contributed by atoms with Crippen molar-refractivity contribution in [3.05, 3.63) is 29.3 Å². The van der Waals surface area contributed by atoms with Crippen LogP contribution in [0.4, 0.5) is 0 Å². The summed E-state index contributed by atoms with van der Waals surface area (Å²) in [6.45, 7) is 0. The fourth-order valence-electron chi connectivity index (χ4n) is 3.27. The third-order valence-electron chi connectivity index (χ3n) is 4.20. The Morgan fingerprint density at radius 1 is 1.26 bits per heavy atom. The van der Waals surface area contributed by atoms with Crippen molar-refractivity contribution in [1.29, 1.82) is 0 Å². The minimum atomic E-state index is -0.194. The van der Waals surface area contributed by atoms with Gasteiger partial charge in [-0.25, -0.2) is 0 Å². The third-order valence-corrected chi connectivity index (χ3v) is 4.20. The quantitative estimate of drug-likeness (QED) is 0.824.